The summed E-state index contributed by atoms with van der Waals surface area (Å²) in [6, 6.07) is 11.1. The Morgan fingerprint density at radius 3 is 2.34 bits per heavy atom. The number of hydrogen-bond donors (Lipinski definition) is 1. The van der Waals surface area contributed by atoms with E-state index in [4.69, 9.17) is 9.47 Å². The molecule has 0 radical (unpaired) electrons. The largest absolute Gasteiger partial charge is 0.493 e. The van der Waals surface area contributed by atoms with Crippen molar-refractivity contribution in [3.05, 3.63) is 48.0 Å². The van der Waals surface area contributed by atoms with Crippen LogP contribution in [-0.4, -0.2) is 45.9 Å². The van der Waals surface area contributed by atoms with Crippen LogP contribution in [-0.2, 0) is 10.0 Å². The molecule has 0 unspecified atom stereocenters. The van der Waals surface area contributed by atoms with Crippen LogP contribution in [0.25, 0.3) is 0 Å². The number of carbonyl (C=O) groups excluding carboxylic acids is 1. The van der Waals surface area contributed by atoms with Crippen LogP contribution in [0.15, 0.2) is 47.4 Å². The van der Waals surface area contributed by atoms with Crippen molar-refractivity contribution in [1.82, 2.24) is 4.31 Å². The highest BCUT2D eigenvalue weighted by Gasteiger charge is 2.20. The topological polar surface area (TPSA) is 84.9 Å². The Balaban J connectivity index is 2.12. The van der Waals surface area contributed by atoms with Crippen LogP contribution in [0.5, 0.6) is 11.5 Å². The third kappa shape index (κ3) is 5.71. The minimum atomic E-state index is -3.54. The summed E-state index contributed by atoms with van der Waals surface area (Å²) in [5.74, 6) is 0.700. The van der Waals surface area contributed by atoms with E-state index in [9.17, 15) is 13.2 Å². The number of nitrogens with zero attached hydrogens (tertiary/aromatic N) is 1. The Morgan fingerprint density at radius 1 is 1.07 bits per heavy atom. The summed E-state index contributed by atoms with van der Waals surface area (Å²) in [7, 11) is -0.458. The van der Waals surface area contributed by atoms with Gasteiger partial charge in [0.15, 0.2) is 11.5 Å². The molecule has 2 aromatic rings. The molecule has 0 bridgehead atoms. The molecule has 0 aliphatic heterocycles. The predicted octanol–water partition coefficient (Wildman–Crippen LogP) is 3.77. The van der Waals surface area contributed by atoms with Gasteiger partial charge >= 0.3 is 0 Å². The summed E-state index contributed by atoms with van der Waals surface area (Å²) in [6.45, 7) is 4.84. The van der Waals surface area contributed by atoms with E-state index in [1.54, 1.807) is 37.4 Å². The van der Waals surface area contributed by atoms with Crippen molar-refractivity contribution in [2.75, 3.05) is 32.6 Å². The molecule has 0 fully saturated rings. The zero-order valence-corrected chi connectivity index (χ0v) is 18.1. The molecule has 158 valence electrons. The van der Waals surface area contributed by atoms with Crippen LogP contribution in [0.4, 0.5) is 5.69 Å². The number of anilines is 1. The van der Waals surface area contributed by atoms with E-state index >= 15 is 0 Å². The Kier molecular flexibility index (Phi) is 8.04. The Bertz CT molecular complexity index is 927. The summed E-state index contributed by atoms with van der Waals surface area (Å²) in [5.41, 5.74) is 0.902. The maximum Gasteiger partial charge on any atom is 0.255 e. The number of benzene rings is 2. The molecule has 1 amide bonds. The molecule has 2 rings (SSSR count). The van der Waals surface area contributed by atoms with E-state index in [0.717, 1.165) is 12.8 Å². The first-order valence-corrected chi connectivity index (χ1v) is 11.0. The van der Waals surface area contributed by atoms with Gasteiger partial charge in [0.05, 0.1) is 18.6 Å². The smallest absolute Gasteiger partial charge is 0.255 e. The molecule has 0 heterocycles. The highest BCUT2D eigenvalue weighted by Crippen LogP contribution is 2.28. The molecular weight excluding hydrogens is 392 g/mol. The van der Waals surface area contributed by atoms with E-state index in [0.29, 0.717) is 35.9 Å². The summed E-state index contributed by atoms with van der Waals surface area (Å²) >= 11 is 0. The third-order valence-electron chi connectivity index (χ3n) is 4.37. The summed E-state index contributed by atoms with van der Waals surface area (Å²) < 4.78 is 37.2. The van der Waals surface area contributed by atoms with Gasteiger partial charge in [-0.25, -0.2) is 12.7 Å². The molecule has 0 atom stereocenters. The number of unbranched alkanes of at least 4 members (excludes halogenated alkanes) is 1. The fraction of sp³-hybridized carbons (Fsp3) is 0.381. The van der Waals surface area contributed by atoms with Gasteiger partial charge in [-0.1, -0.05) is 13.3 Å². The summed E-state index contributed by atoms with van der Waals surface area (Å²) in [6.07, 6.45) is 1.72. The summed E-state index contributed by atoms with van der Waals surface area (Å²) in [5, 5.41) is 2.76. The summed E-state index contributed by atoms with van der Waals surface area (Å²) in [4.78, 5) is 12.7. The molecule has 2 aromatic carbocycles. The Morgan fingerprint density at radius 2 is 1.76 bits per heavy atom. The van der Waals surface area contributed by atoms with Gasteiger partial charge in [0.1, 0.15) is 0 Å². The number of nitrogens with one attached hydrogen (secondary N) is 1. The van der Waals surface area contributed by atoms with Crippen molar-refractivity contribution < 1.29 is 22.7 Å². The Labute approximate surface area is 172 Å². The zero-order chi connectivity index (χ0) is 21.4. The average molecular weight is 421 g/mol. The number of amides is 1. The fourth-order valence-electron chi connectivity index (χ4n) is 2.68. The van der Waals surface area contributed by atoms with Crippen LogP contribution >= 0.6 is 0 Å². The maximum absolute atomic E-state index is 12.6. The van der Waals surface area contributed by atoms with Gasteiger partial charge in [0.25, 0.3) is 5.91 Å². The molecule has 0 saturated heterocycles. The highest BCUT2D eigenvalue weighted by molar-refractivity contribution is 7.89. The first-order valence-electron chi connectivity index (χ1n) is 9.52. The first kappa shape index (κ1) is 22.7. The molecule has 0 aliphatic rings. The zero-order valence-electron chi connectivity index (χ0n) is 17.3. The number of sulfonamides is 1. The molecule has 0 spiro atoms. The number of rotatable bonds is 10. The van der Waals surface area contributed by atoms with Crippen molar-refractivity contribution in [2.24, 2.45) is 0 Å². The average Bonchev–Trinajstić information content (AvgIpc) is 2.72. The molecular formula is C21H28N2O5S. The van der Waals surface area contributed by atoms with Gasteiger partial charge < -0.3 is 14.8 Å². The number of hydrogen-bond acceptors (Lipinski definition) is 5. The maximum atomic E-state index is 12.6. The lowest BCUT2D eigenvalue weighted by Gasteiger charge is -2.17. The van der Waals surface area contributed by atoms with Gasteiger partial charge in [-0.3, -0.25) is 4.79 Å². The lowest BCUT2D eigenvalue weighted by molar-refractivity contribution is 0.102. The second-order valence-corrected chi connectivity index (χ2v) is 8.50. The molecule has 0 aliphatic carbocycles. The van der Waals surface area contributed by atoms with E-state index < -0.39 is 10.0 Å². The standard InChI is InChI=1S/C21H28N2O5S/c1-5-7-14-23(3)29(25,26)18-11-9-17(10-12-18)22-21(24)16-8-13-19(28-6-2)20(15-16)27-4/h8-13,15H,5-7,14H2,1-4H3,(H,22,24). The normalized spacial score (nSPS) is 11.3. The second-order valence-electron chi connectivity index (χ2n) is 6.46. The van der Waals surface area contributed by atoms with Crippen LogP contribution in [0.3, 0.4) is 0 Å². The molecule has 0 saturated carbocycles. The quantitative estimate of drug-likeness (QED) is 0.632. The van der Waals surface area contributed by atoms with E-state index in [2.05, 4.69) is 5.32 Å². The molecule has 0 aromatic heterocycles. The first-order chi connectivity index (χ1) is 13.8. The molecule has 7 nitrogen and oxygen atoms in total. The van der Waals surface area contributed by atoms with Crippen LogP contribution in [0, 0.1) is 0 Å². The predicted molar refractivity (Wildman–Crippen MR) is 113 cm³/mol. The van der Waals surface area contributed by atoms with E-state index in [1.807, 2.05) is 13.8 Å². The van der Waals surface area contributed by atoms with Gasteiger partial charge in [-0.05, 0) is 55.8 Å². The Hall–Kier alpha value is -2.58. The van der Waals surface area contributed by atoms with Gasteiger partial charge in [0.2, 0.25) is 10.0 Å². The highest BCUT2D eigenvalue weighted by atomic mass is 32.2. The van der Waals surface area contributed by atoms with Gasteiger partial charge in [0, 0.05) is 24.8 Å². The lowest BCUT2D eigenvalue weighted by Crippen LogP contribution is -2.27. The molecule has 29 heavy (non-hydrogen) atoms. The van der Waals surface area contributed by atoms with Gasteiger partial charge in [-0.2, -0.15) is 0 Å². The van der Waals surface area contributed by atoms with E-state index in [1.165, 1.54) is 23.5 Å². The lowest BCUT2D eigenvalue weighted by atomic mass is 10.2. The van der Waals surface area contributed by atoms with Crippen molar-refractivity contribution in [1.29, 1.82) is 0 Å². The van der Waals surface area contributed by atoms with Crippen molar-refractivity contribution >= 4 is 21.6 Å². The van der Waals surface area contributed by atoms with Gasteiger partial charge in [-0.15, -0.1) is 0 Å². The van der Waals surface area contributed by atoms with Crippen LogP contribution in [0.2, 0.25) is 0 Å². The third-order valence-corrected chi connectivity index (χ3v) is 6.24. The molecule has 1 N–H and O–H groups in total. The fourth-order valence-corrected chi connectivity index (χ4v) is 3.89. The van der Waals surface area contributed by atoms with Crippen LogP contribution < -0.4 is 14.8 Å². The SMILES string of the molecule is CCCCN(C)S(=O)(=O)c1ccc(NC(=O)c2ccc(OCC)c(OC)c2)cc1. The number of ether oxygens (including phenoxy) is 2. The number of methoxy groups -OCH3 is 1. The van der Waals surface area contributed by atoms with Crippen LogP contribution in [0.1, 0.15) is 37.0 Å². The molecule has 8 heteroatoms. The van der Waals surface area contributed by atoms with Crippen molar-refractivity contribution in [3.8, 4) is 11.5 Å². The second kappa shape index (κ2) is 10.3. The van der Waals surface area contributed by atoms with E-state index in [-0.39, 0.29) is 10.8 Å². The van der Waals surface area contributed by atoms with Crippen molar-refractivity contribution in [3.63, 3.8) is 0 Å². The monoisotopic (exact) mass is 420 g/mol. The van der Waals surface area contributed by atoms with Crippen molar-refractivity contribution in [2.45, 2.75) is 31.6 Å². The minimum Gasteiger partial charge on any atom is -0.493 e. The minimum absolute atomic E-state index is 0.192. The number of carbonyl (C=O) groups is 1.